The molecular formula is C23H23N5OS. The molecule has 0 atom stereocenters. The van der Waals surface area contributed by atoms with E-state index in [0.29, 0.717) is 18.8 Å². The summed E-state index contributed by atoms with van der Waals surface area (Å²) in [5.74, 6) is 0.970. The number of aromatic nitrogens is 3. The first-order chi connectivity index (χ1) is 14.6. The summed E-state index contributed by atoms with van der Waals surface area (Å²) in [5.41, 5.74) is 3.70. The number of piperazine rings is 1. The minimum atomic E-state index is 0.00445. The van der Waals surface area contributed by atoms with Crippen LogP contribution >= 0.6 is 11.3 Å². The molecule has 0 spiro atoms. The third-order valence-electron chi connectivity index (χ3n) is 5.72. The number of carbonyl (C=O) groups excluding carboxylic acids is 1. The Bertz CT molecular complexity index is 1190. The Morgan fingerprint density at radius 2 is 1.87 bits per heavy atom. The lowest BCUT2D eigenvalue weighted by molar-refractivity contribution is 0.0740. The topological polar surface area (TPSA) is 54.3 Å². The van der Waals surface area contributed by atoms with Gasteiger partial charge in [-0.1, -0.05) is 24.3 Å². The Morgan fingerprint density at radius 1 is 1.03 bits per heavy atom. The standard InChI is InChI=1S/C23H23N5OS/c1-16-15-19(25-26(16)2)23(29)28-12-10-27(11-13-28)21-9-8-17-5-3-6-18(22(17)24-21)20-7-4-14-30-20/h3-9,14-15H,10-13H2,1-2H3. The van der Waals surface area contributed by atoms with Crippen molar-refractivity contribution in [2.45, 2.75) is 6.92 Å². The molecule has 0 N–H and O–H groups in total. The first kappa shape index (κ1) is 18.8. The Hall–Kier alpha value is -3.19. The van der Waals surface area contributed by atoms with Gasteiger partial charge in [-0.3, -0.25) is 9.48 Å². The fourth-order valence-corrected chi connectivity index (χ4v) is 4.66. The van der Waals surface area contributed by atoms with Gasteiger partial charge in [-0.15, -0.1) is 11.3 Å². The second-order valence-electron chi connectivity index (χ2n) is 7.60. The van der Waals surface area contributed by atoms with E-state index in [9.17, 15) is 4.79 Å². The zero-order chi connectivity index (χ0) is 20.7. The average molecular weight is 418 g/mol. The Labute approximate surface area is 179 Å². The molecule has 0 bridgehead atoms. The summed E-state index contributed by atoms with van der Waals surface area (Å²) in [6.45, 7) is 4.81. The second kappa shape index (κ2) is 7.57. The summed E-state index contributed by atoms with van der Waals surface area (Å²) in [6.07, 6.45) is 0. The number of fused-ring (bicyclic) bond motifs is 1. The van der Waals surface area contributed by atoms with Crippen LogP contribution in [0, 0.1) is 6.92 Å². The molecule has 1 aliphatic rings. The molecule has 0 unspecified atom stereocenters. The Morgan fingerprint density at radius 3 is 2.57 bits per heavy atom. The van der Waals surface area contributed by atoms with E-state index in [1.165, 1.54) is 10.4 Å². The van der Waals surface area contributed by atoms with Crippen molar-refractivity contribution in [3.8, 4) is 10.4 Å². The van der Waals surface area contributed by atoms with Crippen LogP contribution in [0.2, 0.25) is 0 Å². The highest BCUT2D eigenvalue weighted by Gasteiger charge is 2.25. The van der Waals surface area contributed by atoms with Gasteiger partial charge < -0.3 is 9.80 Å². The molecule has 5 rings (SSSR count). The number of amides is 1. The summed E-state index contributed by atoms with van der Waals surface area (Å²) in [5, 5.41) is 7.57. The number of aryl methyl sites for hydroxylation is 2. The van der Waals surface area contributed by atoms with E-state index in [1.807, 2.05) is 24.9 Å². The van der Waals surface area contributed by atoms with Gasteiger partial charge >= 0.3 is 0 Å². The molecule has 0 saturated carbocycles. The van der Waals surface area contributed by atoms with Gasteiger partial charge in [0, 0.05) is 54.7 Å². The van der Waals surface area contributed by atoms with E-state index in [-0.39, 0.29) is 5.91 Å². The number of anilines is 1. The van der Waals surface area contributed by atoms with Gasteiger partial charge in [0.2, 0.25) is 0 Å². The van der Waals surface area contributed by atoms with Gasteiger partial charge in [-0.2, -0.15) is 5.10 Å². The van der Waals surface area contributed by atoms with E-state index in [4.69, 9.17) is 4.98 Å². The maximum absolute atomic E-state index is 12.8. The van der Waals surface area contributed by atoms with E-state index < -0.39 is 0 Å². The van der Waals surface area contributed by atoms with Gasteiger partial charge in [-0.05, 0) is 36.6 Å². The third kappa shape index (κ3) is 3.35. The Kier molecular flexibility index (Phi) is 4.75. The molecule has 1 aliphatic heterocycles. The van der Waals surface area contributed by atoms with Crippen LogP contribution in [0.25, 0.3) is 21.3 Å². The van der Waals surface area contributed by atoms with Gasteiger partial charge in [0.25, 0.3) is 5.91 Å². The minimum absolute atomic E-state index is 0.00445. The predicted molar refractivity (Wildman–Crippen MR) is 121 cm³/mol. The molecule has 152 valence electrons. The quantitative estimate of drug-likeness (QED) is 0.506. The van der Waals surface area contributed by atoms with E-state index in [1.54, 1.807) is 16.0 Å². The monoisotopic (exact) mass is 417 g/mol. The van der Waals surface area contributed by atoms with E-state index in [0.717, 1.165) is 35.5 Å². The Balaban J connectivity index is 1.36. The fraction of sp³-hybridized carbons (Fsp3) is 0.261. The number of benzene rings is 1. The van der Waals surface area contributed by atoms with Gasteiger partial charge in [-0.25, -0.2) is 4.98 Å². The molecule has 3 aromatic heterocycles. The third-order valence-corrected chi connectivity index (χ3v) is 6.62. The van der Waals surface area contributed by atoms with Crippen molar-refractivity contribution in [1.29, 1.82) is 0 Å². The molecule has 30 heavy (non-hydrogen) atoms. The van der Waals surface area contributed by atoms with Gasteiger partial charge in [0.05, 0.1) is 5.52 Å². The number of hydrogen-bond acceptors (Lipinski definition) is 5. The second-order valence-corrected chi connectivity index (χ2v) is 8.55. The van der Waals surface area contributed by atoms with Crippen LogP contribution in [0.1, 0.15) is 16.2 Å². The minimum Gasteiger partial charge on any atom is -0.353 e. The lowest BCUT2D eigenvalue weighted by Crippen LogP contribution is -2.49. The summed E-state index contributed by atoms with van der Waals surface area (Å²) in [6, 6.07) is 16.6. The van der Waals surface area contributed by atoms with Crippen LogP contribution < -0.4 is 4.90 Å². The van der Waals surface area contributed by atoms with Crippen LogP contribution in [0.15, 0.2) is 53.9 Å². The predicted octanol–water partition coefficient (Wildman–Crippen LogP) is 3.97. The summed E-state index contributed by atoms with van der Waals surface area (Å²) >= 11 is 1.73. The molecule has 6 nitrogen and oxygen atoms in total. The van der Waals surface area contributed by atoms with Gasteiger partial charge in [0.15, 0.2) is 5.69 Å². The van der Waals surface area contributed by atoms with Crippen LogP contribution in [0.5, 0.6) is 0 Å². The molecule has 1 fully saturated rings. The van der Waals surface area contributed by atoms with Crippen molar-refractivity contribution in [3.63, 3.8) is 0 Å². The number of rotatable bonds is 3. The summed E-state index contributed by atoms with van der Waals surface area (Å²) < 4.78 is 1.74. The summed E-state index contributed by atoms with van der Waals surface area (Å²) in [4.78, 5) is 23.2. The number of carbonyl (C=O) groups is 1. The lowest BCUT2D eigenvalue weighted by Gasteiger charge is -2.35. The largest absolute Gasteiger partial charge is 0.353 e. The highest BCUT2D eigenvalue weighted by Crippen LogP contribution is 2.32. The van der Waals surface area contributed by atoms with Crippen molar-refractivity contribution in [3.05, 3.63) is 65.3 Å². The highest BCUT2D eigenvalue weighted by molar-refractivity contribution is 7.13. The SMILES string of the molecule is Cc1cc(C(=O)N2CCN(c3ccc4cccc(-c5cccs5)c4n3)CC2)nn1C. The highest BCUT2D eigenvalue weighted by atomic mass is 32.1. The lowest BCUT2D eigenvalue weighted by atomic mass is 10.1. The van der Waals surface area contributed by atoms with Crippen molar-refractivity contribution >= 4 is 34.0 Å². The number of para-hydroxylation sites is 1. The van der Waals surface area contributed by atoms with Crippen LogP contribution in [-0.4, -0.2) is 51.8 Å². The molecule has 1 amide bonds. The number of thiophene rings is 1. The number of hydrogen-bond donors (Lipinski definition) is 0. The summed E-state index contributed by atoms with van der Waals surface area (Å²) in [7, 11) is 1.86. The van der Waals surface area contributed by atoms with E-state index >= 15 is 0 Å². The molecule has 4 heterocycles. The number of pyridine rings is 1. The molecular weight excluding hydrogens is 394 g/mol. The molecule has 0 aliphatic carbocycles. The first-order valence-corrected chi connectivity index (χ1v) is 11.0. The van der Waals surface area contributed by atoms with Gasteiger partial charge in [0.1, 0.15) is 5.82 Å². The van der Waals surface area contributed by atoms with Crippen molar-refractivity contribution in [2.24, 2.45) is 7.05 Å². The van der Waals surface area contributed by atoms with Crippen LogP contribution in [-0.2, 0) is 7.05 Å². The molecule has 0 radical (unpaired) electrons. The molecule has 7 heteroatoms. The average Bonchev–Trinajstić information content (AvgIpc) is 3.43. The maximum Gasteiger partial charge on any atom is 0.274 e. The van der Waals surface area contributed by atoms with Crippen molar-refractivity contribution in [1.82, 2.24) is 19.7 Å². The van der Waals surface area contributed by atoms with Crippen LogP contribution in [0.3, 0.4) is 0 Å². The zero-order valence-corrected chi connectivity index (χ0v) is 17.9. The normalized spacial score (nSPS) is 14.5. The van der Waals surface area contributed by atoms with E-state index in [2.05, 4.69) is 57.8 Å². The molecule has 1 saturated heterocycles. The maximum atomic E-state index is 12.8. The van der Waals surface area contributed by atoms with Crippen molar-refractivity contribution < 1.29 is 4.79 Å². The van der Waals surface area contributed by atoms with Crippen LogP contribution in [0.4, 0.5) is 5.82 Å². The first-order valence-electron chi connectivity index (χ1n) is 10.1. The zero-order valence-electron chi connectivity index (χ0n) is 17.1. The molecule has 1 aromatic carbocycles. The smallest absolute Gasteiger partial charge is 0.274 e. The van der Waals surface area contributed by atoms with Crippen molar-refractivity contribution in [2.75, 3.05) is 31.1 Å². The molecule has 4 aromatic rings. The fourth-order valence-electron chi connectivity index (χ4n) is 3.91. The number of nitrogens with zero attached hydrogens (tertiary/aromatic N) is 5.